The van der Waals surface area contributed by atoms with Crippen molar-refractivity contribution in [2.45, 2.75) is 41.0 Å². The molecule has 1 rings (SSSR count). The molecule has 0 amide bonds. The van der Waals surface area contributed by atoms with Crippen LogP contribution in [0.15, 0.2) is 6.33 Å². The van der Waals surface area contributed by atoms with Gasteiger partial charge in [-0.15, -0.1) is 0 Å². The fourth-order valence-corrected chi connectivity index (χ4v) is 2.10. The first kappa shape index (κ1) is 17.2. The molecule has 2 N–H and O–H groups in total. The van der Waals surface area contributed by atoms with Gasteiger partial charge in [0.05, 0.1) is 18.1 Å². The van der Waals surface area contributed by atoms with Crippen molar-refractivity contribution in [3.05, 3.63) is 11.9 Å². The Labute approximate surface area is 126 Å². The molecule has 1 unspecified atom stereocenters. The quantitative estimate of drug-likeness (QED) is 0.804. The molecule has 1 aromatic heterocycles. The van der Waals surface area contributed by atoms with Gasteiger partial charge in [-0.05, 0) is 25.7 Å². The summed E-state index contributed by atoms with van der Waals surface area (Å²) in [6, 6.07) is 0. The summed E-state index contributed by atoms with van der Waals surface area (Å²) in [6.07, 6.45) is 2.01. The van der Waals surface area contributed by atoms with Crippen LogP contribution in [0.2, 0.25) is 0 Å². The molecule has 6 heteroatoms. The lowest BCUT2D eigenvalue weighted by Gasteiger charge is -2.23. The van der Waals surface area contributed by atoms with Crippen LogP contribution in [-0.2, 0) is 4.79 Å². The van der Waals surface area contributed by atoms with E-state index >= 15 is 0 Å². The van der Waals surface area contributed by atoms with Gasteiger partial charge >= 0.3 is 5.97 Å². The highest BCUT2D eigenvalue weighted by Gasteiger charge is 2.24. The minimum atomic E-state index is -0.797. The zero-order chi connectivity index (χ0) is 16.0. The largest absolute Gasteiger partial charge is 0.481 e. The summed E-state index contributed by atoms with van der Waals surface area (Å²) < 4.78 is 5.40. The maximum Gasteiger partial charge on any atom is 0.308 e. The first-order valence-electron chi connectivity index (χ1n) is 7.15. The van der Waals surface area contributed by atoms with Gasteiger partial charge in [-0.2, -0.15) is 0 Å². The van der Waals surface area contributed by atoms with Gasteiger partial charge in [0.2, 0.25) is 5.88 Å². The molecule has 1 aromatic rings. The van der Waals surface area contributed by atoms with Crippen LogP contribution in [0.3, 0.4) is 0 Å². The van der Waals surface area contributed by atoms with E-state index in [-0.39, 0.29) is 5.41 Å². The zero-order valence-electron chi connectivity index (χ0n) is 13.4. The Morgan fingerprint density at radius 2 is 2.10 bits per heavy atom. The third-order valence-corrected chi connectivity index (χ3v) is 3.04. The Morgan fingerprint density at radius 1 is 1.43 bits per heavy atom. The van der Waals surface area contributed by atoms with E-state index in [9.17, 15) is 9.90 Å². The fraction of sp³-hybridized carbons (Fsp3) is 0.667. The second-order valence-electron chi connectivity index (χ2n) is 6.27. The average Bonchev–Trinajstić information content (AvgIpc) is 2.37. The van der Waals surface area contributed by atoms with Gasteiger partial charge in [0.25, 0.3) is 0 Å². The lowest BCUT2D eigenvalue weighted by molar-refractivity contribution is -0.142. The Morgan fingerprint density at radius 3 is 2.62 bits per heavy atom. The summed E-state index contributed by atoms with van der Waals surface area (Å²) in [4.78, 5) is 19.6. The Bertz CT molecular complexity index is 484. The average molecular weight is 295 g/mol. The number of carboxylic acids is 1. The van der Waals surface area contributed by atoms with Crippen LogP contribution in [0, 0.1) is 18.3 Å². The van der Waals surface area contributed by atoms with Crippen molar-refractivity contribution < 1.29 is 14.6 Å². The summed E-state index contributed by atoms with van der Waals surface area (Å²) in [5.41, 5.74) is 0.751. The summed E-state index contributed by atoms with van der Waals surface area (Å²) in [5.74, 6) is -0.115. The highest BCUT2D eigenvalue weighted by Crippen LogP contribution is 2.26. The van der Waals surface area contributed by atoms with Gasteiger partial charge in [0, 0.05) is 6.54 Å². The van der Waals surface area contributed by atoms with E-state index in [1.165, 1.54) is 6.33 Å². The van der Waals surface area contributed by atoms with Crippen LogP contribution in [0.5, 0.6) is 5.88 Å². The standard InChI is InChI=1S/C15H25N3O3/c1-6-21-13-10(2)12(17-9-18-13)16-8-11(14(19)20)7-15(3,4)5/h9,11H,6-8H2,1-5H3,(H,19,20)(H,16,17,18). The molecule has 0 radical (unpaired) electrons. The first-order chi connectivity index (χ1) is 9.74. The van der Waals surface area contributed by atoms with Crippen molar-refractivity contribution in [3.8, 4) is 5.88 Å². The molecular weight excluding hydrogens is 270 g/mol. The van der Waals surface area contributed by atoms with E-state index in [1.807, 2.05) is 34.6 Å². The monoisotopic (exact) mass is 295 g/mol. The summed E-state index contributed by atoms with van der Waals surface area (Å²) in [5, 5.41) is 12.4. The van der Waals surface area contributed by atoms with Crippen molar-refractivity contribution in [2.75, 3.05) is 18.5 Å². The van der Waals surface area contributed by atoms with E-state index in [0.717, 1.165) is 5.56 Å². The molecule has 1 atom stereocenters. The maximum atomic E-state index is 11.4. The summed E-state index contributed by atoms with van der Waals surface area (Å²) in [6.45, 7) is 10.7. The van der Waals surface area contributed by atoms with Crippen LogP contribution in [0.1, 0.15) is 39.7 Å². The number of anilines is 1. The normalized spacial score (nSPS) is 12.8. The molecule has 0 saturated carbocycles. The number of aliphatic carboxylic acids is 1. The molecule has 0 aliphatic heterocycles. The second kappa shape index (κ2) is 7.24. The predicted molar refractivity (Wildman–Crippen MR) is 81.6 cm³/mol. The van der Waals surface area contributed by atoms with E-state index in [0.29, 0.717) is 31.3 Å². The summed E-state index contributed by atoms with van der Waals surface area (Å²) in [7, 11) is 0. The van der Waals surface area contributed by atoms with Crippen molar-refractivity contribution in [2.24, 2.45) is 11.3 Å². The van der Waals surface area contributed by atoms with Crippen molar-refractivity contribution in [1.29, 1.82) is 0 Å². The molecule has 0 bridgehead atoms. The number of hydrogen-bond donors (Lipinski definition) is 2. The maximum absolute atomic E-state index is 11.4. The van der Waals surface area contributed by atoms with Gasteiger partial charge in [0.15, 0.2) is 0 Å². The number of ether oxygens (including phenoxy) is 1. The van der Waals surface area contributed by atoms with E-state index in [1.54, 1.807) is 0 Å². The van der Waals surface area contributed by atoms with Gasteiger partial charge in [-0.25, -0.2) is 9.97 Å². The van der Waals surface area contributed by atoms with Crippen LogP contribution >= 0.6 is 0 Å². The number of aromatic nitrogens is 2. The molecule has 0 aliphatic rings. The molecule has 118 valence electrons. The molecule has 0 aliphatic carbocycles. The van der Waals surface area contributed by atoms with Crippen molar-refractivity contribution >= 4 is 11.8 Å². The number of rotatable bonds is 7. The van der Waals surface area contributed by atoms with Gasteiger partial charge in [-0.1, -0.05) is 20.8 Å². The molecule has 0 spiro atoms. The third kappa shape index (κ3) is 5.57. The first-order valence-corrected chi connectivity index (χ1v) is 7.15. The molecule has 0 fully saturated rings. The molecule has 21 heavy (non-hydrogen) atoms. The van der Waals surface area contributed by atoms with Crippen LogP contribution in [0.25, 0.3) is 0 Å². The minimum Gasteiger partial charge on any atom is -0.481 e. The highest BCUT2D eigenvalue weighted by molar-refractivity contribution is 5.71. The second-order valence-corrected chi connectivity index (χ2v) is 6.27. The SMILES string of the molecule is CCOc1ncnc(NCC(CC(C)(C)C)C(=O)O)c1C. The molecule has 6 nitrogen and oxygen atoms in total. The van der Waals surface area contributed by atoms with Crippen molar-refractivity contribution in [1.82, 2.24) is 9.97 Å². The smallest absolute Gasteiger partial charge is 0.308 e. The molecule has 0 aromatic carbocycles. The number of carbonyl (C=O) groups is 1. The summed E-state index contributed by atoms with van der Waals surface area (Å²) >= 11 is 0. The molecule has 1 heterocycles. The lowest BCUT2D eigenvalue weighted by atomic mass is 9.84. The lowest BCUT2D eigenvalue weighted by Crippen LogP contribution is -2.28. The van der Waals surface area contributed by atoms with Crippen LogP contribution in [-0.4, -0.2) is 34.2 Å². The van der Waals surface area contributed by atoms with Gasteiger partial charge in [-0.3, -0.25) is 4.79 Å². The molecule has 0 saturated heterocycles. The predicted octanol–water partition coefficient (Wildman–Crippen LogP) is 2.73. The van der Waals surface area contributed by atoms with E-state index in [2.05, 4.69) is 15.3 Å². The van der Waals surface area contributed by atoms with E-state index in [4.69, 9.17) is 4.74 Å². The molecular formula is C15H25N3O3. The van der Waals surface area contributed by atoms with Crippen LogP contribution < -0.4 is 10.1 Å². The Balaban J connectivity index is 2.76. The van der Waals surface area contributed by atoms with Crippen molar-refractivity contribution in [3.63, 3.8) is 0 Å². The number of nitrogens with one attached hydrogen (secondary N) is 1. The fourth-order valence-electron chi connectivity index (χ4n) is 2.10. The zero-order valence-corrected chi connectivity index (χ0v) is 13.4. The van der Waals surface area contributed by atoms with Gasteiger partial charge in [0.1, 0.15) is 12.1 Å². The number of hydrogen-bond acceptors (Lipinski definition) is 5. The van der Waals surface area contributed by atoms with E-state index < -0.39 is 11.9 Å². The Hall–Kier alpha value is -1.85. The Kier molecular flexibility index (Phi) is 5.93. The number of carboxylic acid groups (broad SMARTS) is 1. The minimum absolute atomic E-state index is 0.0397. The van der Waals surface area contributed by atoms with Gasteiger partial charge < -0.3 is 15.2 Å². The van der Waals surface area contributed by atoms with Crippen LogP contribution in [0.4, 0.5) is 5.82 Å². The topological polar surface area (TPSA) is 84.3 Å². The number of nitrogens with zero attached hydrogens (tertiary/aromatic N) is 2. The highest BCUT2D eigenvalue weighted by atomic mass is 16.5. The third-order valence-electron chi connectivity index (χ3n) is 3.04.